The van der Waals surface area contributed by atoms with Crippen LogP contribution in [0.25, 0.3) is 16.6 Å². The number of ether oxygens (including phenoxy) is 2. The molecule has 2 aliphatic rings. The van der Waals surface area contributed by atoms with E-state index >= 15 is 4.39 Å². The average Bonchev–Trinajstić information content (AvgIpc) is 3.71. The fourth-order valence-electron chi connectivity index (χ4n) is 7.66. The number of carbonyl (C=O) groups is 1. The van der Waals surface area contributed by atoms with Crippen LogP contribution in [0, 0.1) is 16.0 Å². The summed E-state index contributed by atoms with van der Waals surface area (Å²) < 4.78 is 56.0. The highest BCUT2D eigenvalue weighted by Crippen LogP contribution is 2.34. The number of sulfonamides is 1. The minimum Gasteiger partial charge on any atom is -0.455 e. The van der Waals surface area contributed by atoms with E-state index in [1.54, 1.807) is 24.4 Å². The van der Waals surface area contributed by atoms with E-state index in [4.69, 9.17) is 21.1 Å². The fraction of sp³-hybridized carbons (Fsp3) is 0.364. The van der Waals surface area contributed by atoms with Gasteiger partial charge in [0.2, 0.25) is 0 Å². The van der Waals surface area contributed by atoms with Crippen LogP contribution in [-0.4, -0.2) is 92.3 Å². The smallest absolute Gasteiger partial charge is 0.293 e. The number of nitrogens with one attached hydrogen (secondary N) is 3. The Morgan fingerprint density at radius 1 is 1.05 bits per heavy atom. The maximum absolute atomic E-state index is 15.2. The summed E-state index contributed by atoms with van der Waals surface area (Å²) in [5.41, 5.74) is 2.85. The molecule has 0 saturated carbocycles. The number of fused-ring (bicyclic) bond motifs is 1. The van der Waals surface area contributed by atoms with Gasteiger partial charge in [0.25, 0.3) is 21.6 Å². The Labute approximate surface area is 359 Å². The molecule has 0 spiro atoms. The van der Waals surface area contributed by atoms with Crippen LogP contribution in [-0.2, 0) is 14.8 Å². The number of nitrogens with zero attached hydrogens (tertiary/aromatic N) is 4. The Balaban J connectivity index is 1.09. The first kappa shape index (κ1) is 43.5. The van der Waals surface area contributed by atoms with E-state index in [-0.39, 0.29) is 49.6 Å². The molecule has 61 heavy (non-hydrogen) atoms. The summed E-state index contributed by atoms with van der Waals surface area (Å²) in [7, 11) is -4.64. The summed E-state index contributed by atoms with van der Waals surface area (Å²) in [5, 5.41) is 16.3. The molecule has 14 nitrogen and oxygen atoms in total. The van der Waals surface area contributed by atoms with Crippen molar-refractivity contribution in [2.45, 2.75) is 50.6 Å². The van der Waals surface area contributed by atoms with Gasteiger partial charge in [-0.3, -0.25) is 19.8 Å². The van der Waals surface area contributed by atoms with Crippen LogP contribution in [0.3, 0.4) is 0 Å². The van der Waals surface area contributed by atoms with Crippen LogP contribution < -0.4 is 19.7 Å². The van der Waals surface area contributed by atoms with Gasteiger partial charge in [-0.2, -0.15) is 0 Å². The average molecular weight is 874 g/mol. The molecule has 2 aliphatic heterocycles. The Bertz CT molecular complexity index is 2530. The zero-order chi connectivity index (χ0) is 43.3. The number of aromatic amines is 1. The van der Waals surface area contributed by atoms with Crippen molar-refractivity contribution in [3.8, 4) is 11.5 Å². The Kier molecular flexibility index (Phi) is 13.3. The molecule has 3 N–H and O–H groups in total. The number of amides is 1. The van der Waals surface area contributed by atoms with Gasteiger partial charge in [0.1, 0.15) is 28.5 Å². The molecule has 322 valence electrons. The van der Waals surface area contributed by atoms with E-state index in [0.29, 0.717) is 35.4 Å². The molecule has 0 radical (unpaired) electrons. The second kappa shape index (κ2) is 18.6. The molecule has 0 unspecified atom stereocenters. The number of carbonyl (C=O) groups excluding carboxylic acids is 1. The standard InChI is InChI=1S/C44H49ClFN7O7S/c1-29(2)22-38(31-4-6-33(45)7-5-31)30(3)27-51-16-18-52(19-17-51)34-8-10-37(41(24-34)60-35-23-32-12-15-47-42(32)48-26-35)43(54)50-61(57,58)36-9-11-39(40(25-36)53(55)56)49-28-44(46)13-20-59-21-14-44/h4-12,15,23-26,29,49H,13-14,16-22,27-28H2,1-3H3,(H,47,48)(H,50,54)/b38-30-. The second-order valence-electron chi connectivity index (χ2n) is 16.0. The Morgan fingerprint density at radius 2 is 1.79 bits per heavy atom. The lowest BCUT2D eigenvalue weighted by Crippen LogP contribution is -2.47. The second-order valence-corrected chi connectivity index (χ2v) is 18.1. The third kappa shape index (κ3) is 10.7. The molecule has 17 heteroatoms. The molecular formula is C44H49ClFN7O7S. The first-order valence-electron chi connectivity index (χ1n) is 20.2. The SMILES string of the molecule is C/C(CN1CCN(c2ccc(C(=O)NS(=O)(=O)c3ccc(NCC4(F)CCOCC4)c([N+](=O)[O-])c3)c(Oc3cnc4[nH]ccc4c3)c2)CC1)=C(\CC(C)C)c1ccc(Cl)cc1. The molecule has 5 aromatic rings. The number of nitro benzene ring substituents is 1. The number of pyridine rings is 1. The number of allylic oxidation sites excluding steroid dienone is 1. The van der Waals surface area contributed by atoms with Gasteiger partial charge in [-0.05, 0) is 78.9 Å². The molecule has 4 heterocycles. The zero-order valence-electron chi connectivity index (χ0n) is 34.2. The maximum Gasteiger partial charge on any atom is 0.293 e. The third-order valence-corrected chi connectivity index (χ3v) is 12.6. The number of H-pyrrole nitrogens is 1. The van der Waals surface area contributed by atoms with E-state index < -0.39 is 37.1 Å². The largest absolute Gasteiger partial charge is 0.455 e. The molecule has 3 aromatic carbocycles. The number of halogens is 2. The number of anilines is 2. The first-order chi connectivity index (χ1) is 29.2. The Hall–Kier alpha value is -5.55. The normalized spacial score (nSPS) is 16.3. The van der Waals surface area contributed by atoms with Gasteiger partial charge >= 0.3 is 0 Å². The van der Waals surface area contributed by atoms with Crippen molar-refractivity contribution in [3.63, 3.8) is 0 Å². The van der Waals surface area contributed by atoms with Crippen molar-refractivity contribution < 1.29 is 32.0 Å². The van der Waals surface area contributed by atoms with Crippen molar-refractivity contribution in [2.24, 2.45) is 5.92 Å². The fourth-order valence-corrected chi connectivity index (χ4v) is 8.77. The quantitative estimate of drug-likeness (QED) is 0.0680. The van der Waals surface area contributed by atoms with Crippen LogP contribution in [0.4, 0.5) is 21.5 Å². The lowest BCUT2D eigenvalue weighted by Gasteiger charge is -2.37. The van der Waals surface area contributed by atoms with Crippen LogP contribution in [0.5, 0.6) is 11.5 Å². The van der Waals surface area contributed by atoms with E-state index in [1.807, 2.05) is 18.2 Å². The molecular weight excluding hydrogens is 825 g/mol. The predicted molar refractivity (Wildman–Crippen MR) is 235 cm³/mol. The van der Waals surface area contributed by atoms with Gasteiger partial charge in [-0.25, -0.2) is 22.5 Å². The third-order valence-electron chi connectivity index (χ3n) is 11.0. The number of hydrogen-bond acceptors (Lipinski definition) is 11. The number of nitro groups is 1. The van der Waals surface area contributed by atoms with Crippen LogP contribution in [0.2, 0.25) is 5.02 Å². The molecule has 0 aliphatic carbocycles. The topological polar surface area (TPSA) is 172 Å². The van der Waals surface area contributed by atoms with Crippen LogP contribution in [0.15, 0.2) is 95.7 Å². The minimum atomic E-state index is -4.64. The highest BCUT2D eigenvalue weighted by molar-refractivity contribution is 7.90. The minimum absolute atomic E-state index is 0.0562. The summed E-state index contributed by atoms with van der Waals surface area (Å²) in [6, 6.07) is 19.7. The van der Waals surface area contributed by atoms with Crippen molar-refractivity contribution in [1.82, 2.24) is 19.6 Å². The van der Waals surface area contributed by atoms with Gasteiger partial charge < -0.3 is 24.7 Å². The lowest BCUT2D eigenvalue weighted by molar-refractivity contribution is -0.384. The van der Waals surface area contributed by atoms with E-state index in [9.17, 15) is 23.3 Å². The van der Waals surface area contributed by atoms with Crippen molar-refractivity contribution >= 4 is 61.2 Å². The number of rotatable bonds is 15. The highest BCUT2D eigenvalue weighted by atomic mass is 35.5. The zero-order valence-corrected chi connectivity index (χ0v) is 35.8. The number of alkyl halides is 1. The summed E-state index contributed by atoms with van der Waals surface area (Å²) >= 11 is 6.19. The predicted octanol–water partition coefficient (Wildman–Crippen LogP) is 8.61. The van der Waals surface area contributed by atoms with Crippen molar-refractivity contribution in [3.05, 3.63) is 117 Å². The maximum atomic E-state index is 15.2. The van der Waals surface area contributed by atoms with Crippen molar-refractivity contribution in [2.75, 3.05) is 62.7 Å². The first-order valence-corrected chi connectivity index (χ1v) is 22.1. The van der Waals surface area contributed by atoms with Crippen LogP contribution >= 0.6 is 11.6 Å². The molecule has 2 aromatic heterocycles. The molecule has 7 rings (SSSR count). The summed E-state index contributed by atoms with van der Waals surface area (Å²) in [4.78, 5) is 36.6. The Morgan fingerprint density at radius 3 is 2.49 bits per heavy atom. The lowest BCUT2D eigenvalue weighted by atomic mass is 9.92. The van der Waals surface area contributed by atoms with E-state index in [0.717, 1.165) is 49.3 Å². The van der Waals surface area contributed by atoms with Crippen molar-refractivity contribution in [1.29, 1.82) is 0 Å². The summed E-state index contributed by atoms with van der Waals surface area (Å²) in [6.45, 7) is 10.6. The highest BCUT2D eigenvalue weighted by Gasteiger charge is 2.33. The molecule has 0 bridgehead atoms. The van der Waals surface area contributed by atoms with Gasteiger partial charge in [0, 0.05) is 99.7 Å². The van der Waals surface area contributed by atoms with Gasteiger partial charge in [-0.1, -0.05) is 43.2 Å². The summed E-state index contributed by atoms with van der Waals surface area (Å²) in [5.74, 6) is -0.120. The molecule has 2 fully saturated rings. The number of piperazine rings is 1. The number of hydrogen-bond donors (Lipinski definition) is 3. The monoisotopic (exact) mass is 873 g/mol. The van der Waals surface area contributed by atoms with Gasteiger partial charge in [0.15, 0.2) is 0 Å². The summed E-state index contributed by atoms with van der Waals surface area (Å²) in [6.07, 6.45) is 4.43. The van der Waals surface area contributed by atoms with E-state index in [1.165, 1.54) is 35.0 Å². The molecule has 2 saturated heterocycles. The molecule has 1 amide bonds. The molecule has 0 atom stereocenters. The van der Waals surface area contributed by atoms with E-state index in [2.05, 4.69) is 62.7 Å². The number of aromatic nitrogens is 2. The number of benzene rings is 3. The van der Waals surface area contributed by atoms with Crippen LogP contribution in [0.1, 0.15) is 56.0 Å². The van der Waals surface area contributed by atoms with Gasteiger partial charge in [-0.15, -0.1) is 0 Å². The van der Waals surface area contributed by atoms with Gasteiger partial charge in [0.05, 0.1) is 21.6 Å².